The third-order valence-corrected chi connectivity index (χ3v) is 7.66. The van der Waals surface area contributed by atoms with Crippen LogP contribution in [0.4, 0.5) is 11.4 Å². The smallest absolute Gasteiger partial charge is 0.174 e. The zero-order valence-corrected chi connectivity index (χ0v) is 22.4. The molecule has 8 heteroatoms. The van der Waals surface area contributed by atoms with Crippen molar-refractivity contribution in [1.82, 2.24) is 14.9 Å². The van der Waals surface area contributed by atoms with Crippen LogP contribution in [0.15, 0.2) is 85.1 Å². The number of aromatic nitrogens is 2. The van der Waals surface area contributed by atoms with E-state index in [4.69, 9.17) is 26.7 Å². The standard InChI is InChI=1S/C30H31N5O2S/c1-21-6-15-27(34(21)23-11-13-25(36-2)14-12-23)29-28(26-5-3-4-16-31-26)32-30(38)35(29)24-9-7-22(8-10-24)33-17-19-37-20-18-33/h3-16,28-29H,17-20H2,1-2H3,(H,32,38)/t28-,29-/m0/s1. The van der Waals surface area contributed by atoms with E-state index < -0.39 is 0 Å². The van der Waals surface area contributed by atoms with E-state index in [-0.39, 0.29) is 12.1 Å². The average molecular weight is 526 g/mol. The van der Waals surface area contributed by atoms with E-state index in [9.17, 15) is 0 Å². The maximum absolute atomic E-state index is 5.97. The molecule has 4 heterocycles. The molecule has 0 aliphatic carbocycles. The Kier molecular flexibility index (Phi) is 6.74. The lowest BCUT2D eigenvalue weighted by Gasteiger charge is -2.31. The average Bonchev–Trinajstić information content (AvgIpc) is 3.53. The number of benzene rings is 2. The first kappa shape index (κ1) is 24.5. The third-order valence-electron chi connectivity index (χ3n) is 7.34. The lowest BCUT2D eigenvalue weighted by atomic mass is 10.0. The van der Waals surface area contributed by atoms with E-state index in [1.54, 1.807) is 7.11 Å². The molecule has 2 fully saturated rings. The van der Waals surface area contributed by atoms with Crippen LogP contribution in [0.2, 0.25) is 0 Å². The highest BCUT2D eigenvalue weighted by Crippen LogP contribution is 2.43. The minimum atomic E-state index is -0.117. The van der Waals surface area contributed by atoms with Gasteiger partial charge in [0.15, 0.2) is 5.11 Å². The lowest BCUT2D eigenvalue weighted by Crippen LogP contribution is -2.36. The number of hydrogen-bond acceptors (Lipinski definition) is 5. The van der Waals surface area contributed by atoms with Crippen molar-refractivity contribution in [3.63, 3.8) is 0 Å². The van der Waals surface area contributed by atoms with Gasteiger partial charge < -0.3 is 29.2 Å². The SMILES string of the molecule is COc1ccc(-n2c(C)ccc2[C@H]2[C@H](c3ccccn3)NC(=S)N2c2ccc(N3CCOCC3)cc2)cc1. The predicted molar refractivity (Wildman–Crippen MR) is 154 cm³/mol. The molecular formula is C30H31N5O2S. The number of nitrogens with one attached hydrogen (secondary N) is 1. The summed E-state index contributed by atoms with van der Waals surface area (Å²) in [5.41, 5.74) is 6.54. The zero-order valence-electron chi connectivity index (χ0n) is 21.6. The molecule has 194 valence electrons. The summed E-state index contributed by atoms with van der Waals surface area (Å²) in [4.78, 5) is 9.30. The van der Waals surface area contributed by atoms with Crippen LogP contribution in [-0.4, -0.2) is 48.1 Å². The summed E-state index contributed by atoms with van der Waals surface area (Å²) in [6, 6.07) is 27.0. The molecule has 2 aromatic carbocycles. The van der Waals surface area contributed by atoms with Crippen LogP contribution < -0.4 is 19.9 Å². The fraction of sp³-hybridized carbons (Fsp3) is 0.267. The van der Waals surface area contributed by atoms with E-state index >= 15 is 0 Å². The molecule has 2 aliphatic heterocycles. The summed E-state index contributed by atoms with van der Waals surface area (Å²) in [6.07, 6.45) is 1.84. The van der Waals surface area contributed by atoms with E-state index in [2.05, 4.69) is 81.2 Å². The molecule has 2 saturated heterocycles. The summed E-state index contributed by atoms with van der Waals surface area (Å²) >= 11 is 5.97. The normalized spacial score (nSPS) is 19.5. The Bertz CT molecular complexity index is 1400. The third kappa shape index (κ3) is 4.50. The molecule has 0 unspecified atom stereocenters. The summed E-state index contributed by atoms with van der Waals surface area (Å²) < 4.78 is 13.2. The van der Waals surface area contributed by atoms with Crippen LogP contribution in [0, 0.1) is 6.92 Å². The van der Waals surface area contributed by atoms with E-state index in [1.165, 1.54) is 5.69 Å². The van der Waals surface area contributed by atoms with Gasteiger partial charge in [-0.3, -0.25) is 4.98 Å². The highest BCUT2D eigenvalue weighted by Gasteiger charge is 2.42. The Hall–Kier alpha value is -3.88. The molecule has 4 aromatic rings. The molecule has 7 nitrogen and oxygen atoms in total. The number of methoxy groups -OCH3 is 1. The van der Waals surface area contributed by atoms with Crippen molar-refractivity contribution in [1.29, 1.82) is 0 Å². The number of thiocarbonyl (C=S) groups is 1. The summed E-state index contributed by atoms with van der Waals surface area (Å²) in [6.45, 7) is 5.46. The first-order valence-corrected chi connectivity index (χ1v) is 13.3. The van der Waals surface area contributed by atoms with Crippen molar-refractivity contribution >= 4 is 28.7 Å². The number of anilines is 2. The highest BCUT2D eigenvalue weighted by molar-refractivity contribution is 7.80. The monoisotopic (exact) mass is 525 g/mol. The van der Waals surface area contributed by atoms with Gasteiger partial charge in [0, 0.05) is 47.7 Å². The maximum atomic E-state index is 5.97. The minimum Gasteiger partial charge on any atom is -0.497 e. The Balaban J connectivity index is 1.43. The Morgan fingerprint density at radius 2 is 1.61 bits per heavy atom. The van der Waals surface area contributed by atoms with Gasteiger partial charge in [-0.1, -0.05) is 6.07 Å². The van der Waals surface area contributed by atoms with Crippen LogP contribution in [-0.2, 0) is 4.74 Å². The molecular weight excluding hydrogens is 494 g/mol. The maximum Gasteiger partial charge on any atom is 0.174 e. The Labute approximate surface area is 228 Å². The second-order valence-corrected chi connectivity index (χ2v) is 9.93. The minimum absolute atomic E-state index is 0.109. The molecule has 38 heavy (non-hydrogen) atoms. The van der Waals surface area contributed by atoms with Crippen LogP contribution in [0.5, 0.6) is 5.75 Å². The van der Waals surface area contributed by atoms with Gasteiger partial charge in [0.05, 0.1) is 32.1 Å². The first-order chi connectivity index (χ1) is 18.6. The Morgan fingerprint density at radius 1 is 0.895 bits per heavy atom. The second kappa shape index (κ2) is 10.5. The largest absolute Gasteiger partial charge is 0.497 e. The summed E-state index contributed by atoms with van der Waals surface area (Å²) in [7, 11) is 1.69. The van der Waals surface area contributed by atoms with Crippen LogP contribution in [0.1, 0.15) is 29.2 Å². The highest BCUT2D eigenvalue weighted by atomic mass is 32.1. The number of rotatable bonds is 6. The van der Waals surface area contributed by atoms with Gasteiger partial charge in [0.2, 0.25) is 0 Å². The second-order valence-electron chi connectivity index (χ2n) is 9.55. The topological polar surface area (TPSA) is 54.8 Å². The van der Waals surface area contributed by atoms with E-state index in [0.717, 1.165) is 60.5 Å². The molecule has 2 atom stereocenters. The molecule has 2 aliphatic rings. The number of pyridine rings is 1. The molecule has 6 rings (SSSR count). The van der Waals surface area contributed by atoms with Gasteiger partial charge in [-0.05, 0) is 91.9 Å². The lowest BCUT2D eigenvalue weighted by molar-refractivity contribution is 0.122. The molecule has 2 aromatic heterocycles. The van der Waals surface area contributed by atoms with Crippen molar-refractivity contribution in [3.05, 3.63) is 102 Å². The summed E-state index contributed by atoms with van der Waals surface area (Å²) in [5.74, 6) is 0.831. The van der Waals surface area contributed by atoms with Gasteiger partial charge in [-0.15, -0.1) is 0 Å². The number of nitrogens with zero attached hydrogens (tertiary/aromatic N) is 4. The fourth-order valence-corrected chi connectivity index (χ4v) is 5.80. The number of hydrogen-bond donors (Lipinski definition) is 1. The number of aryl methyl sites for hydroxylation is 1. The molecule has 0 bridgehead atoms. The molecule has 0 saturated carbocycles. The van der Waals surface area contributed by atoms with Gasteiger partial charge in [-0.25, -0.2) is 0 Å². The Morgan fingerprint density at radius 3 is 2.29 bits per heavy atom. The van der Waals surface area contributed by atoms with E-state index in [0.29, 0.717) is 5.11 Å². The van der Waals surface area contributed by atoms with E-state index in [1.807, 2.05) is 30.5 Å². The van der Waals surface area contributed by atoms with Crippen molar-refractivity contribution in [3.8, 4) is 11.4 Å². The fourth-order valence-electron chi connectivity index (χ4n) is 5.45. The van der Waals surface area contributed by atoms with Crippen LogP contribution in [0.3, 0.4) is 0 Å². The van der Waals surface area contributed by atoms with Gasteiger partial charge in [0.1, 0.15) is 11.8 Å². The summed E-state index contributed by atoms with van der Waals surface area (Å²) in [5, 5.41) is 4.27. The molecule has 0 spiro atoms. The van der Waals surface area contributed by atoms with Crippen molar-refractivity contribution < 1.29 is 9.47 Å². The van der Waals surface area contributed by atoms with Crippen LogP contribution >= 0.6 is 12.2 Å². The predicted octanol–water partition coefficient (Wildman–Crippen LogP) is 5.20. The molecule has 0 amide bonds. The zero-order chi connectivity index (χ0) is 26.1. The quantitative estimate of drug-likeness (QED) is 0.347. The van der Waals surface area contributed by atoms with Gasteiger partial charge in [0.25, 0.3) is 0 Å². The number of morpholine rings is 1. The van der Waals surface area contributed by atoms with Gasteiger partial charge in [-0.2, -0.15) is 0 Å². The number of ether oxygens (including phenoxy) is 2. The van der Waals surface area contributed by atoms with Crippen molar-refractivity contribution in [2.24, 2.45) is 0 Å². The van der Waals surface area contributed by atoms with Gasteiger partial charge >= 0.3 is 0 Å². The first-order valence-electron chi connectivity index (χ1n) is 12.9. The molecule has 0 radical (unpaired) electrons. The van der Waals surface area contributed by atoms with Crippen molar-refractivity contribution in [2.75, 3.05) is 43.2 Å². The van der Waals surface area contributed by atoms with Crippen LogP contribution in [0.25, 0.3) is 5.69 Å². The van der Waals surface area contributed by atoms with Crippen molar-refractivity contribution in [2.45, 2.75) is 19.0 Å². The molecule has 1 N–H and O–H groups in total.